The lowest BCUT2D eigenvalue weighted by molar-refractivity contribution is -0.115. The van der Waals surface area contributed by atoms with E-state index in [4.69, 9.17) is 9.72 Å². The number of allylic oxidation sites excluding steroid dienone is 3. The molecule has 186 valence electrons. The average molecular weight is 480 g/mol. The van der Waals surface area contributed by atoms with Crippen molar-refractivity contribution in [3.63, 3.8) is 0 Å². The normalized spacial score (nSPS) is 16.4. The van der Waals surface area contributed by atoms with Gasteiger partial charge in [-0.15, -0.1) is 0 Å². The lowest BCUT2D eigenvalue weighted by Crippen LogP contribution is -2.34. The highest BCUT2D eigenvalue weighted by Gasteiger charge is 2.28. The van der Waals surface area contributed by atoms with Crippen molar-refractivity contribution in [2.45, 2.75) is 71.9 Å². The molecule has 9 heteroatoms. The molecule has 0 atom stereocenters. The van der Waals surface area contributed by atoms with Gasteiger partial charge in [0.05, 0.1) is 23.7 Å². The zero-order valence-corrected chi connectivity index (χ0v) is 21.0. The van der Waals surface area contributed by atoms with E-state index in [2.05, 4.69) is 15.7 Å². The Labute approximate surface area is 205 Å². The van der Waals surface area contributed by atoms with Crippen molar-refractivity contribution in [2.24, 2.45) is 0 Å². The molecule has 0 spiro atoms. The zero-order valence-electron chi connectivity index (χ0n) is 21.0. The minimum atomic E-state index is -0.572. The average Bonchev–Trinajstić information content (AvgIpc) is 3.52. The SMILES string of the molecule is CC1=CC(C)=C(CNC(=O)c2cc(C3CC3)nc3c2cnn3CCNC(=O)OC(C)(C)C)C(=O)C1. The molecule has 2 N–H and O–H groups in total. The predicted octanol–water partition coefficient (Wildman–Crippen LogP) is 3.80. The maximum atomic E-state index is 13.2. The Bertz CT molecular complexity index is 1240. The molecule has 0 aromatic carbocycles. The number of carbonyl (C=O) groups is 3. The number of pyridine rings is 1. The van der Waals surface area contributed by atoms with Gasteiger partial charge in [0.1, 0.15) is 5.60 Å². The fourth-order valence-corrected chi connectivity index (χ4v) is 4.17. The van der Waals surface area contributed by atoms with Crippen molar-refractivity contribution in [3.8, 4) is 0 Å². The van der Waals surface area contributed by atoms with Crippen molar-refractivity contribution >= 4 is 28.8 Å². The first-order valence-electron chi connectivity index (χ1n) is 12.0. The summed E-state index contributed by atoms with van der Waals surface area (Å²) in [5.41, 5.74) is 3.96. The fraction of sp³-hybridized carbons (Fsp3) is 0.500. The summed E-state index contributed by atoms with van der Waals surface area (Å²) in [5, 5.41) is 10.7. The largest absolute Gasteiger partial charge is 0.444 e. The number of hydrogen-bond acceptors (Lipinski definition) is 6. The molecule has 1 saturated carbocycles. The molecule has 35 heavy (non-hydrogen) atoms. The summed E-state index contributed by atoms with van der Waals surface area (Å²) in [4.78, 5) is 42.4. The van der Waals surface area contributed by atoms with Gasteiger partial charge in [-0.2, -0.15) is 5.10 Å². The van der Waals surface area contributed by atoms with Crippen LogP contribution in [0, 0.1) is 0 Å². The second-order valence-electron chi connectivity index (χ2n) is 10.3. The van der Waals surface area contributed by atoms with Gasteiger partial charge < -0.3 is 15.4 Å². The third-order valence-corrected chi connectivity index (χ3v) is 6.00. The lowest BCUT2D eigenvalue weighted by atomic mass is 9.92. The third-order valence-electron chi connectivity index (χ3n) is 6.00. The van der Waals surface area contributed by atoms with E-state index in [0.29, 0.717) is 47.6 Å². The highest BCUT2D eigenvalue weighted by atomic mass is 16.6. The number of aromatic nitrogens is 3. The van der Waals surface area contributed by atoms with Gasteiger partial charge >= 0.3 is 6.09 Å². The minimum Gasteiger partial charge on any atom is -0.444 e. The molecule has 0 unspecified atom stereocenters. The van der Waals surface area contributed by atoms with Crippen LogP contribution >= 0.6 is 0 Å². The Kier molecular flexibility index (Phi) is 6.78. The van der Waals surface area contributed by atoms with Gasteiger partial charge in [0.2, 0.25) is 0 Å². The molecule has 0 saturated heterocycles. The van der Waals surface area contributed by atoms with Crippen LogP contribution in [0.1, 0.15) is 75.9 Å². The standard InChI is InChI=1S/C26H33N5O4/c1-15-10-16(2)19(22(32)11-15)13-28-24(33)18-12-21(17-6-7-17)30-23-20(18)14-29-31(23)9-8-27-25(34)35-26(3,4)5/h10,12,14,17H,6-9,11,13H2,1-5H3,(H,27,34)(H,28,33). The molecular formula is C26H33N5O4. The Morgan fingerprint density at radius 2 is 1.94 bits per heavy atom. The van der Waals surface area contributed by atoms with Crippen molar-refractivity contribution in [1.82, 2.24) is 25.4 Å². The molecule has 2 aromatic rings. The minimum absolute atomic E-state index is 0.0478. The van der Waals surface area contributed by atoms with Gasteiger partial charge in [0, 0.05) is 36.7 Å². The highest BCUT2D eigenvalue weighted by molar-refractivity contribution is 6.06. The van der Waals surface area contributed by atoms with Gasteiger partial charge in [-0.05, 0) is 59.1 Å². The number of rotatable bonds is 7. The summed E-state index contributed by atoms with van der Waals surface area (Å²) >= 11 is 0. The quantitative estimate of drug-likeness (QED) is 0.624. The van der Waals surface area contributed by atoms with Gasteiger partial charge in [-0.1, -0.05) is 11.6 Å². The van der Waals surface area contributed by atoms with E-state index >= 15 is 0 Å². The monoisotopic (exact) mass is 479 g/mol. The summed E-state index contributed by atoms with van der Waals surface area (Å²) in [6, 6.07) is 1.84. The molecule has 2 aromatic heterocycles. The Morgan fingerprint density at radius 1 is 1.20 bits per heavy atom. The molecular weight excluding hydrogens is 446 g/mol. The maximum Gasteiger partial charge on any atom is 0.407 e. The smallest absolute Gasteiger partial charge is 0.407 e. The molecule has 2 heterocycles. The van der Waals surface area contributed by atoms with Crippen molar-refractivity contribution in [3.05, 3.63) is 46.3 Å². The number of nitrogens with one attached hydrogen (secondary N) is 2. The van der Waals surface area contributed by atoms with Gasteiger partial charge in [0.25, 0.3) is 5.91 Å². The molecule has 2 aliphatic rings. The number of Topliss-reactive ketones (excluding diaryl/α,β-unsaturated/α-hetero) is 1. The Balaban J connectivity index is 1.52. The Morgan fingerprint density at radius 3 is 2.60 bits per heavy atom. The van der Waals surface area contributed by atoms with E-state index in [1.54, 1.807) is 10.9 Å². The van der Waals surface area contributed by atoms with Crippen molar-refractivity contribution < 1.29 is 19.1 Å². The topological polar surface area (TPSA) is 115 Å². The van der Waals surface area contributed by atoms with Gasteiger partial charge in [0.15, 0.2) is 11.4 Å². The first kappa shape index (κ1) is 24.6. The molecule has 9 nitrogen and oxygen atoms in total. The van der Waals surface area contributed by atoms with E-state index in [1.807, 2.05) is 46.8 Å². The number of fused-ring (bicyclic) bond motifs is 1. The number of carbonyl (C=O) groups excluding carboxylic acids is 3. The van der Waals surface area contributed by atoms with Crippen LogP contribution < -0.4 is 10.6 Å². The summed E-state index contributed by atoms with van der Waals surface area (Å²) in [5.74, 6) is 0.129. The van der Waals surface area contributed by atoms with Gasteiger partial charge in [-0.3, -0.25) is 9.59 Å². The van der Waals surface area contributed by atoms with Crippen LogP contribution in [0.15, 0.2) is 35.1 Å². The van der Waals surface area contributed by atoms with E-state index in [1.165, 1.54) is 0 Å². The number of alkyl carbamates (subject to hydrolysis) is 1. The van der Waals surface area contributed by atoms with E-state index < -0.39 is 11.7 Å². The molecule has 2 amide bonds. The lowest BCUT2D eigenvalue weighted by Gasteiger charge is -2.19. The molecule has 4 rings (SSSR count). The van der Waals surface area contributed by atoms with Crippen molar-refractivity contribution in [1.29, 1.82) is 0 Å². The van der Waals surface area contributed by atoms with Crippen LogP contribution in [0.4, 0.5) is 4.79 Å². The third kappa shape index (κ3) is 5.96. The van der Waals surface area contributed by atoms with Crippen LogP contribution in [-0.4, -0.2) is 51.2 Å². The van der Waals surface area contributed by atoms with E-state index in [0.717, 1.165) is 29.7 Å². The first-order chi connectivity index (χ1) is 16.5. The zero-order chi connectivity index (χ0) is 25.3. The van der Waals surface area contributed by atoms with Crippen LogP contribution in [0.5, 0.6) is 0 Å². The number of ketones is 1. The maximum absolute atomic E-state index is 13.2. The predicted molar refractivity (Wildman–Crippen MR) is 132 cm³/mol. The van der Waals surface area contributed by atoms with Crippen LogP contribution in [0.2, 0.25) is 0 Å². The molecule has 0 radical (unpaired) electrons. The Hall–Kier alpha value is -3.49. The summed E-state index contributed by atoms with van der Waals surface area (Å²) in [6.07, 6.45) is 5.60. The van der Waals surface area contributed by atoms with Crippen LogP contribution in [0.3, 0.4) is 0 Å². The number of hydrogen-bond donors (Lipinski definition) is 2. The number of ether oxygens (including phenoxy) is 1. The highest BCUT2D eigenvalue weighted by Crippen LogP contribution is 2.40. The summed E-state index contributed by atoms with van der Waals surface area (Å²) in [6.45, 7) is 10.1. The van der Waals surface area contributed by atoms with Gasteiger partial charge in [-0.25, -0.2) is 14.5 Å². The first-order valence-corrected chi connectivity index (χ1v) is 12.0. The molecule has 0 aliphatic heterocycles. The fourth-order valence-electron chi connectivity index (χ4n) is 4.17. The van der Waals surface area contributed by atoms with Crippen LogP contribution in [0.25, 0.3) is 11.0 Å². The second-order valence-corrected chi connectivity index (χ2v) is 10.3. The van der Waals surface area contributed by atoms with E-state index in [9.17, 15) is 14.4 Å². The van der Waals surface area contributed by atoms with Crippen molar-refractivity contribution in [2.75, 3.05) is 13.1 Å². The summed E-state index contributed by atoms with van der Waals surface area (Å²) in [7, 11) is 0. The number of amides is 2. The van der Waals surface area contributed by atoms with Crippen LogP contribution in [-0.2, 0) is 16.1 Å². The molecule has 0 bridgehead atoms. The number of nitrogens with zero attached hydrogens (tertiary/aromatic N) is 3. The molecule has 1 fully saturated rings. The molecule has 2 aliphatic carbocycles. The van der Waals surface area contributed by atoms with E-state index in [-0.39, 0.29) is 18.2 Å². The summed E-state index contributed by atoms with van der Waals surface area (Å²) < 4.78 is 6.97. The second kappa shape index (κ2) is 9.64.